The first-order chi connectivity index (χ1) is 11.1. The molecule has 1 heterocycles. The standard InChI is InChI=1S/C18H18FN3S/c1-13(15-8-10-16(19)11-9-15)23-18-21-20-17(22(18)2)12-14-6-4-3-5-7-14/h3-11,13H,12H2,1-2H3/t13-/m1/s1. The molecule has 23 heavy (non-hydrogen) atoms. The Kier molecular flexibility index (Phi) is 4.76. The summed E-state index contributed by atoms with van der Waals surface area (Å²) in [7, 11) is 1.98. The average Bonchev–Trinajstić information content (AvgIpc) is 2.90. The smallest absolute Gasteiger partial charge is 0.191 e. The van der Waals surface area contributed by atoms with Crippen LogP contribution in [0.5, 0.6) is 0 Å². The molecule has 3 rings (SSSR count). The number of nitrogens with zero attached hydrogens (tertiary/aromatic N) is 3. The van der Waals surface area contributed by atoms with Crippen molar-refractivity contribution in [1.82, 2.24) is 14.8 Å². The molecule has 0 aliphatic carbocycles. The zero-order chi connectivity index (χ0) is 16.2. The molecule has 0 spiro atoms. The van der Waals surface area contributed by atoms with Crippen LogP contribution in [-0.4, -0.2) is 14.8 Å². The second kappa shape index (κ2) is 6.96. The van der Waals surface area contributed by atoms with Gasteiger partial charge in [-0.25, -0.2) is 4.39 Å². The van der Waals surface area contributed by atoms with E-state index in [1.54, 1.807) is 11.8 Å². The lowest BCUT2D eigenvalue weighted by Crippen LogP contribution is -2.01. The first-order valence-electron chi connectivity index (χ1n) is 7.48. The van der Waals surface area contributed by atoms with Crippen LogP contribution < -0.4 is 0 Å². The molecule has 0 saturated carbocycles. The van der Waals surface area contributed by atoms with Gasteiger partial charge in [0.25, 0.3) is 0 Å². The third-order valence-electron chi connectivity index (χ3n) is 3.75. The Bertz CT molecular complexity index is 769. The van der Waals surface area contributed by atoms with Crippen molar-refractivity contribution >= 4 is 11.8 Å². The van der Waals surface area contributed by atoms with Crippen molar-refractivity contribution in [3.8, 4) is 0 Å². The van der Waals surface area contributed by atoms with Gasteiger partial charge in [-0.15, -0.1) is 10.2 Å². The fourth-order valence-electron chi connectivity index (χ4n) is 2.34. The lowest BCUT2D eigenvalue weighted by molar-refractivity contribution is 0.627. The van der Waals surface area contributed by atoms with E-state index in [-0.39, 0.29) is 11.1 Å². The van der Waals surface area contributed by atoms with Crippen molar-refractivity contribution in [2.75, 3.05) is 0 Å². The Labute approximate surface area is 139 Å². The lowest BCUT2D eigenvalue weighted by Gasteiger charge is -2.11. The summed E-state index contributed by atoms with van der Waals surface area (Å²) < 4.78 is 15.0. The normalized spacial score (nSPS) is 12.3. The van der Waals surface area contributed by atoms with E-state index in [0.29, 0.717) is 0 Å². The number of halogens is 1. The number of hydrogen-bond acceptors (Lipinski definition) is 3. The molecular formula is C18H18FN3S. The van der Waals surface area contributed by atoms with Gasteiger partial charge in [-0.2, -0.15) is 0 Å². The van der Waals surface area contributed by atoms with Gasteiger partial charge in [0.05, 0.1) is 0 Å². The van der Waals surface area contributed by atoms with Crippen molar-refractivity contribution in [2.45, 2.75) is 23.8 Å². The maximum absolute atomic E-state index is 13.0. The number of benzene rings is 2. The monoisotopic (exact) mass is 327 g/mol. The third-order valence-corrected chi connectivity index (χ3v) is 4.94. The fourth-order valence-corrected chi connectivity index (χ4v) is 3.30. The summed E-state index contributed by atoms with van der Waals surface area (Å²) in [4.78, 5) is 0. The molecule has 0 aliphatic heterocycles. The zero-order valence-corrected chi connectivity index (χ0v) is 13.9. The topological polar surface area (TPSA) is 30.7 Å². The molecule has 0 unspecified atom stereocenters. The lowest BCUT2D eigenvalue weighted by atomic mass is 10.1. The molecule has 2 aromatic carbocycles. The Morgan fingerprint density at radius 2 is 1.74 bits per heavy atom. The van der Waals surface area contributed by atoms with E-state index < -0.39 is 0 Å². The molecule has 0 fully saturated rings. The van der Waals surface area contributed by atoms with Crippen LogP contribution >= 0.6 is 11.8 Å². The Hall–Kier alpha value is -2.14. The number of rotatable bonds is 5. The molecule has 1 aromatic heterocycles. The van der Waals surface area contributed by atoms with Gasteiger partial charge in [0.15, 0.2) is 5.16 Å². The molecule has 3 nitrogen and oxygen atoms in total. The van der Waals surface area contributed by atoms with Gasteiger partial charge >= 0.3 is 0 Å². The van der Waals surface area contributed by atoms with Gasteiger partial charge in [-0.05, 0) is 30.2 Å². The van der Waals surface area contributed by atoms with Crippen molar-refractivity contribution < 1.29 is 4.39 Å². The van der Waals surface area contributed by atoms with Crippen LogP contribution in [0, 0.1) is 5.82 Å². The second-order valence-electron chi connectivity index (χ2n) is 5.43. The Morgan fingerprint density at radius 1 is 1.04 bits per heavy atom. The number of thioether (sulfide) groups is 1. The summed E-state index contributed by atoms with van der Waals surface area (Å²) in [5.74, 6) is 0.722. The van der Waals surface area contributed by atoms with Crippen molar-refractivity contribution in [1.29, 1.82) is 0 Å². The molecule has 0 aliphatic rings. The molecule has 0 amide bonds. The highest BCUT2D eigenvalue weighted by atomic mass is 32.2. The minimum absolute atomic E-state index is 0.183. The minimum atomic E-state index is -0.213. The largest absolute Gasteiger partial charge is 0.309 e. The van der Waals surface area contributed by atoms with Crippen molar-refractivity contribution in [3.63, 3.8) is 0 Å². The summed E-state index contributed by atoms with van der Waals surface area (Å²) in [5, 5.41) is 9.65. The zero-order valence-electron chi connectivity index (χ0n) is 13.1. The summed E-state index contributed by atoms with van der Waals surface area (Å²) in [6, 6.07) is 16.8. The molecule has 0 bridgehead atoms. The van der Waals surface area contributed by atoms with Gasteiger partial charge in [-0.1, -0.05) is 54.2 Å². The highest BCUT2D eigenvalue weighted by molar-refractivity contribution is 7.99. The van der Waals surface area contributed by atoms with Crippen LogP contribution in [0.1, 0.15) is 29.1 Å². The maximum Gasteiger partial charge on any atom is 0.191 e. The molecule has 3 aromatic rings. The fraction of sp³-hybridized carbons (Fsp3) is 0.222. The van der Waals surface area contributed by atoms with Gasteiger partial charge < -0.3 is 4.57 Å². The van der Waals surface area contributed by atoms with Crippen LogP contribution in [0.25, 0.3) is 0 Å². The Balaban J connectivity index is 1.73. The first-order valence-corrected chi connectivity index (χ1v) is 8.36. The third kappa shape index (κ3) is 3.79. The molecular weight excluding hydrogens is 309 g/mol. The maximum atomic E-state index is 13.0. The summed E-state index contributed by atoms with van der Waals surface area (Å²) in [5.41, 5.74) is 2.29. The molecule has 118 valence electrons. The summed E-state index contributed by atoms with van der Waals surface area (Å²) in [6.07, 6.45) is 0.760. The van der Waals surface area contributed by atoms with E-state index in [9.17, 15) is 4.39 Å². The first kappa shape index (κ1) is 15.7. The van der Waals surface area contributed by atoms with Crippen LogP contribution in [-0.2, 0) is 13.5 Å². The van der Waals surface area contributed by atoms with E-state index >= 15 is 0 Å². The molecule has 0 N–H and O–H groups in total. The van der Waals surface area contributed by atoms with Gasteiger partial charge in [0.2, 0.25) is 0 Å². The van der Waals surface area contributed by atoms with Gasteiger partial charge in [0.1, 0.15) is 11.6 Å². The second-order valence-corrected chi connectivity index (χ2v) is 6.74. The van der Waals surface area contributed by atoms with E-state index in [4.69, 9.17) is 0 Å². The molecule has 0 saturated heterocycles. The quantitative estimate of drug-likeness (QED) is 0.651. The van der Waals surface area contributed by atoms with Crippen molar-refractivity contribution in [3.05, 3.63) is 77.4 Å². The van der Waals surface area contributed by atoms with Crippen LogP contribution in [0.2, 0.25) is 0 Å². The van der Waals surface area contributed by atoms with E-state index in [1.807, 2.05) is 41.9 Å². The minimum Gasteiger partial charge on any atom is -0.309 e. The average molecular weight is 327 g/mol. The summed E-state index contributed by atoms with van der Waals surface area (Å²) in [6.45, 7) is 2.09. The van der Waals surface area contributed by atoms with E-state index in [2.05, 4.69) is 29.3 Å². The number of hydrogen-bond donors (Lipinski definition) is 0. The van der Waals surface area contributed by atoms with Gasteiger partial charge in [-0.3, -0.25) is 0 Å². The van der Waals surface area contributed by atoms with Gasteiger partial charge in [0, 0.05) is 18.7 Å². The van der Waals surface area contributed by atoms with Crippen LogP contribution in [0.4, 0.5) is 4.39 Å². The highest BCUT2D eigenvalue weighted by Gasteiger charge is 2.14. The Morgan fingerprint density at radius 3 is 2.43 bits per heavy atom. The van der Waals surface area contributed by atoms with E-state index in [1.165, 1.54) is 17.7 Å². The predicted octanol–water partition coefficient (Wildman–Crippen LogP) is 4.40. The highest BCUT2D eigenvalue weighted by Crippen LogP contribution is 2.33. The van der Waals surface area contributed by atoms with Crippen LogP contribution in [0.15, 0.2) is 59.8 Å². The molecule has 1 atom stereocenters. The van der Waals surface area contributed by atoms with Crippen molar-refractivity contribution in [2.24, 2.45) is 7.05 Å². The SMILES string of the molecule is C[C@@H](Sc1nnc(Cc2ccccc2)n1C)c1ccc(F)cc1. The predicted molar refractivity (Wildman–Crippen MR) is 90.9 cm³/mol. The molecule has 0 radical (unpaired) electrons. The summed E-state index contributed by atoms with van der Waals surface area (Å²) >= 11 is 1.63. The molecule has 5 heteroatoms. The van der Waals surface area contributed by atoms with E-state index in [0.717, 1.165) is 23.0 Å². The number of aromatic nitrogens is 3. The van der Waals surface area contributed by atoms with Crippen LogP contribution in [0.3, 0.4) is 0 Å².